The highest BCUT2D eigenvalue weighted by atomic mass is 35.5. The fourth-order valence-corrected chi connectivity index (χ4v) is 4.31. The van der Waals surface area contributed by atoms with E-state index in [0.717, 1.165) is 18.4 Å². The summed E-state index contributed by atoms with van der Waals surface area (Å²) in [6, 6.07) is 13.3. The lowest BCUT2D eigenvalue weighted by Crippen LogP contribution is -2.49. The predicted octanol–water partition coefficient (Wildman–Crippen LogP) is 4.44. The number of fused-ring (bicyclic) bond motifs is 1. The number of carbonyl (C=O) groups excluding carboxylic acids is 4. The summed E-state index contributed by atoms with van der Waals surface area (Å²) >= 11 is 6.01. The summed E-state index contributed by atoms with van der Waals surface area (Å²) in [4.78, 5) is 54.2. The average molecular weight is 498 g/mol. The van der Waals surface area contributed by atoms with Crippen molar-refractivity contribution in [1.82, 2.24) is 15.1 Å². The monoisotopic (exact) mass is 497 g/mol. The second-order valence-electron chi connectivity index (χ2n) is 8.63. The van der Waals surface area contributed by atoms with E-state index in [2.05, 4.69) is 5.32 Å². The second-order valence-corrected chi connectivity index (χ2v) is 9.06. The minimum atomic E-state index is -0.616. The van der Waals surface area contributed by atoms with Crippen molar-refractivity contribution in [3.05, 3.63) is 70.2 Å². The number of rotatable bonds is 12. The molecule has 0 aliphatic carbocycles. The van der Waals surface area contributed by atoms with E-state index in [1.165, 1.54) is 4.90 Å². The Hall–Kier alpha value is -3.19. The van der Waals surface area contributed by atoms with Crippen LogP contribution in [0.5, 0.6) is 0 Å². The number of unbranched alkanes of at least 4 members (excludes halogenated alkanes) is 1. The van der Waals surface area contributed by atoms with Crippen molar-refractivity contribution in [2.45, 2.75) is 58.5 Å². The Morgan fingerprint density at radius 1 is 0.971 bits per heavy atom. The number of halogens is 1. The van der Waals surface area contributed by atoms with E-state index in [4.69, 9.17) is 11.6 Å². The molecule has 2 aromatic carbocycles. The second kappa shape index (κ2) is 12.5. The van der Waals surface area contributed by atoms with Crippen LogP contribution >= 0.6 is 11.6 Å². The van der Waals surface area contributed by atoms with E-state index in [1.807, 2.05) is 26.0 Å². The first-order valence-corrected chi connectivity index (χ1v) is 12.5. The fourth-order valence-electron chi connectivity index (χ4n) is 4.19. The molecule has 8 heteroatoms. The molecule has 1 atom stereocenters. The molecule has 0 saturated carbocycles. The van der Waals surface area contributed by atoms with Crippen LogP contribution in [0.1, 0.15) is 72.2 Å². The Labute approximate surface area is 211 Å². The first kappa shape index (κ1) is 26.4. The maximum absolute atomic E-state index is 13.3. The van der Waals surface area contributed by atoms with E-state index in [0.29, 0.717) is 35.5 Å². The van der Waals surface area contributed by atoms with Gasteiger partial charge in [-0.05, 0) is 49.1 Å². The lowest BCUT2D eigenvalue weighted by molar-refractivity contribution is -0.141. The van der Waals surface area contributed by atoms with Gasteiger partial charge in [0.25, 0.3) is 11.8 Å². The van der Waals surface area contributed by atoms with E-state index < -0.39 is 6.04 Å². The van der Waals surface area contributed by atoms with Crippen LogP contribution in [0.2, 0.25) is 5.02 Å². The number of nitrogens with one attached hydrogen (secondary N) is 1. The van der Waals surface area contributed by atoms with Gasteiger partial charge in [0.15, 0.2) is 0 Å². The molecule has 0 aromatic heterocycles. The molecular weight excluding hydrogens is 466 g/mol. The molecule has 1 aliphatic heterocycles. The number of nitrogens with zero attached hydrogens (tertiary/aromatic N) is 2. The average Bonchev–Trinajstić information content (AvgIpc) is 3.10. The van der Waals surface area contributed by atoms with Crippen LogP contribution in [-0.4, -0.2) is 52.6 Å². The zero-order valence-corrected chi connectivity index (χ0v) is 21.0. The zero-order valence-electron chi connectivity index (χ0n) is 20.3. The summed E-state index contributed by atoms with van der Waals surface area (Å²) < 4.78 is 0. The van der Waals surface area contributed by atoms with Gasteiger partial charge in [-0.2, -0.15) is 0 Å². The molecule has 3 rings (SSSR count). The van der Waals surface area contributed by atoms with Gasteiger partial charge in [-0.25, -0.2) is 0 Å². The molecule has 4 amide bonds. The Morgan fingerprint density at radius 2 is 1.60 bits per heavy atom. The van der Waals surface area contributed by atoms with Crippen molar-refractivity contribution < 1.29 is 19.2 Å². The smallest absolute Gasteiger partial charge is 0.261 e. The zero-order chi connectivity index (χ0) is 25.4. The minimum Gasteiger partial charge on any atom is -0.354 e. The van der Waals surface area contributed by atoms with Crippen LogP contribution in [0.3, 0.4) is 0 Å². The molecule has 1 N–H and O–H groups in total. The quantitative estimate of drug-likeness (QED) is 0.347. The standard InChI is InChI=1S/C27H32ClN3O4/c1-3-5-16-29-25(33)23(4-2)31(18-19-12-14-20(28)15-13-19)24(32)11-8-17-30-26(34)21-9-6-7-10-22(21)27(30)35/h6-7,9-10,12-15,23H,3-5,8,11,16-18H2,1-2H3,(H,29,33). The predicted molar refractivity (Wildman–Crippen MR) is 135 cm³/mol. The Bertz CT molecular complexity index is 1040. The van der Waals surface area contributed by atoms with Crippen molar-refractivity contribution in [1.29, 1.82) is 0 Å². The van der Waals surface area contributed by atoms with E-state index >= 15 is 0 Å². The first-order chi connectivity index (χ1) is 16.9. The van der Waals surface area contributed by atoms with Crippen LogP contribution in [-0.2, 0) is 16.1 Å². The van der Waals surface area contributed by atoms with Crippen LogP contribution in [0.4, 0.5) is 0 Å². The molecule has 1 heterocycles. The summed E-state index contributed by atoms with van der Waals surface area (Å²) in [5.41, 5.74) is 1.65. The van der Waals surface area contributed by atoms with Crippen molar-refractivity contribution in [3.8, 4) is 0 Å². The summed E-state index contributed by atoms with van der Waals surface area (Å²) in [5.74, 6) is -1.05. The number of amides is 4. The summed E-state index contributed by atoms with van der Waals surface area (Å²) in [7, 11) is 0. The summed E-state index contributed by atoms with van der Waals surface area (Å²) in [5, 5.41) is 3.53. The third-order valence-electron chi connectivity index (χ3n) is 6.13. The summed E-state index contributed by atoms with van der Waals surface area (Å²) in [6.07, 6.45) is 2.72. The maximum atomic E-state index is 13.3. The highest BCUT2D eigenvalue weighted by molar-refractivity contribution is 6.30. The van der Waals surface area contributed by atoms with Gasteiger partial charge < -0.3 is 10.2 Å². The molecule has 1 aliphatic rings. The van der Waals surface area contributed by atoms with Gasteiger partial charge in [0.1, 0.15) is 6.04 Å². The third-order valence-corrected chi connectivity index (χ3v) is 6.38. The number of carbonyl (C=O) groups is 4. The SMILES string of the molecule is CCCCNC(=O)C(CC)N(Cc1ccc(Cl)cc1)C(=O)CCCN1C(=O)c2ccccc2C1=O. The number of benzene rings is 2. The molecule has 7 nitrogen and oxygen atoms in total. The van der Waals surface area contributed by atoms with Crippen molar-refractivity contribution in [2.24, 2.45) is 0 Å². The van der Waals surface area contributed by atoms with Crippen molar-refractivity contribution in [3.63, 3.8) is 0 Å². The van der Waals surface area contributed by atoms with Gasteiger partial charge in [-0.1, -0.05) is 56.1 Å². The lowest BCUT2D eigenvalue weighted by Gasteiger charge is -2.31. The van der Waals surface area contributed by atoms with Gasteiger partial charge in [0.05, 0.1) is 11.1 Å². The van der Waals surface area contributed by atoms with E-state index in [-0.39, 0.29) is 43.1 Å². The Balaban J connectivity index is 1.68. The van der Waals surface area contributed by atoms with Gasteiger partial charge in [-0.3, -0.25) is 24.1 Å². The normalized spacial score (nSPS) is 13.5. The van der Waals surface area contributed by atoms with E-state index in [9.17, 15) is 19.2 Å². The van der Waals surface area contributed by atoms with Crippen LogP contribution in [0, 0.1) is 0 Å². The molecule has 2 aromatic rings. The Kier molecular flexibility index (Phi) is 9.43. The van der Waals surface area contributed by atoms with Gasteiger partial charge >= 0.3 is 0 Å². The van der Waals surface area contributed by atoms with Gasteiger partial charge in [0.2, 0.25) is 11.8 Å². The lowest BCUT2D eigenvalue weighted by atomic mass is 10.1. The Morgan fingerprint density at radius 3 is 2.17 bits per heavy atom. The molecule has 1 unspecified atom stereocenters. The highest BCUT2D eigenvalue weighted by Crippen LogP contribution is 2.23. The fraction of sp³-hybridized carbons (Fsp3) is 0.407. The molecular formula is C27H32ClN3O4. The van der Waals surface area contributed by atoms with Crippen LogP contribution in [0.15, 0.2) is 48.5 Å². The van der Waals surface area contributed by atoms with Crippen molar-refractivity contribution in [2.75, 3.05) is 13.1 Å². The molecule has 0 saturated heterocycles. The molecule has 0 fully saturated rings. The molecule has 0 bridgehead atoms. The molecule has 0 radical (unpaired) electrons. The largest absolute Gasteiger partial charge is 0.354 e. The van der Waals surface area contributed by atoms with Gasteiger partial charge in [0, 0.05) is 31.1 Å². The third kappa shape index (κ3) is 6.48. The first-order valence-electron chi connectivity index (χ1n) is 12.1. The highest BCUT2D eigenvalue weighted by Gasteiger charge is 2.35. The molecule has 35 heavy (non-hydrogen) atoms. The minimum absolute atomic E-state index is 0.111. The number of imide groups is 1. The number of hydrogen-bond donors (Lipinski definition) is 1. The molecule has 186 valence electrons. The topological polar surface area (TPSA) is 86.8 Å². The number of hydrogen-bond acceptors (Lipinski definition) is 4. The van der Waals surface area contributed by atoms with Crippen LogP contribution in [0.25, 0.3) is 0 Å². The maximum Gasteiger partial charge on any atom is 0.261 e. The van der Waals surface area contributed by atoms with Crippen molar-refractivity contribution >= 4 is 35.2 Å². The van der Waals surface area contributed by atoms with Crippen LogP contribution < -0.4 is 5.32 Å². The van der Waals surface area contributed by atoms with E-state index in [1.54, 1.807) is 41.3 Å². The van der Waals surface area contributed by atoms with Gasteiger partial charge in [-0.15, -0.1) is 0 Å². The summed E-state index contributed by atoms with van der Waals surface area (Å²) in [6.45, 7) is 4.91. The molecule has 0 spiro atoms.